The summed E-state index contributed by atoms with van der Waals surface area (Å²) in [5.74, 6) is -3.76. The molecular formula is C20H36N2O6. The first-order valence-electron chi connectivity index (χ1n) is 10.1. The maximum Gasteiger partial charge on any atom is 0.335 e. The summed E-state index contributed by atoms with van der Waals surface area (Å²) in [5, 5.41) is 0. The number of unbranched alkanes of at least 4 members (excludes halogenated alkanes) is 3. The lowest BCUT2D eigenvalue weighted by Crippen LogP contribution is -2.35. The van der Waals surface area contributed by atoms with Crippen LogP contribution in [0.15, 0.2) is 0 Å². The average Bonchev–Trinajstić information content (AvgIpc) is 2.65. The van der Waals surface area contributed by atoms with Crippen LogP contribution < -0.4 is 11.0 Å². The molecule has 2 atom stereocenters. The van der Waals surface area contributed by atoms with E-state index in [1.54, 1.807) is 34.6 Å². The zero-order valence-electron chi connectivity index (χ0n) is 18.0. The maximum absolute atomic E-state index is 12.4. The minimum absolute atomic E-state index is 0.207. The fraction of sp³-hybridized carbons (Fsp3) is 0.800. The van der Waals surface area contributed by atoms with Crippen LogP contribution in [-0.4, -0.2) is 23.8 Å². The van der Waals surface area contributed by atoms with Gasteiger partial charge in [-0.15, -0.1) is 0 Å². The summed E-state index contributed by atoms with van der Waals surface area (Å²) in [5.41, 5.74) is 4.27. The van der Waals surface area contributed by atoms with Gasteiger partial charge in [-0.25, -0.2) is 9.59 Å². The van der Waals surface area contributed by atoms with Gasteiger partial charge < -0.3 is 9.68 Å². The van der Waals surface area contributed by atoms with Crippen LogP contribution in [0.25, 0.3) is 0 Å². The van der Waals surface area contributed by atoms with Gasteiger partial charge in [0.25, 0.3) is 11.8 Å². The molecule has 0 heterocycles. The van der Waals surface area contributed by atoms with Gasteiger partial charge in [0.15, 0.2) is 0 Å². The van der Waals surface area contributed by atoms with Crippen molar-refractivity contribution in [2.75, 3.05) is 0 Å². The maximum atomic E-state index is 12.4. The molecule has 0 spiro atoms. The number of hydrogen-bond acceptors (Lipinski definition) is 6. The summed E-state index contributed by atoms with van der Waals surface area (Å²) in [7, 11) is 0. The molecule has 8 heteroatoms. The van der Waals surface area contributed by atoms with E-state index >= 15 is 0 Å². The summed E-state index contributed by atoms with van der Waals surface area (Å²) in [4.78, 5) is 57.3. The molecule has 0 aromatic carbocycles. The Kier molecular flexibility index (Phi) is 12.9. The van der Waals surface area contributed by atoms with Crippen LogP contribution in [0, 0.1) is 23.7 Å². The molecule has 2 unspecified atom stereocenters. The van der Waals surface area contributed by atoms with Gasteiger partial charge in [-0.3, -0.25) is 9.59 Å². The molecule has 0 bridgehead atoms. The van der Waals surface area contributed by atoms with E-state index in [0.717, 1.165) is 25.7 Å². The number of hydrogen-bond donors (Lipinski definition) is 2. The third-order valence-electron chi connectivity index (χ3n) is 4.33. The van der Waals surface area contributed by atoms with E-state index in [2.05, 4.69) is 17.9 Å². The Morgan fingerprint density at radius 2 is 1.25 bits per heavy atom. The molecule has 0 aromatic heterocycles. The number of carbonyl (C=O) groups excluding carboxylic acids is 4. The van der Waals surface area contributed by atoms with Gasteiger partial charge >= 0.3 is 11.9 Å². The summed E-state index contributed by atoms with van der Waals surface area (Å²) in [6.45, 7) is 10.5. The van der Waals surface area contributed by atoms with Gasteiger partial charge in [-0.05, 0) is 12.8 Å². The van der Waals surface area contributed by atoms with Crippen molar-refractivity contribution in [3.63, 3.8) is 0 Å². The van der Waals surface area contributed by atoms with E-state index < -0.39 is 29.7 Å². The van der Waals surface area contributed by atoms with Crippen LogP contribution in [0.2, 0.25) is 0 Å². The summed E-state index contributed by atoms with van der Waals surface area (Å²) >= 11 is 0. The molecule has 0 fully saturated rings. The highest BCUT2D eigenvalue weighted by atomic mass is 16.7. The lowest BCUT2D eigenvalue weighted by atomic mass is 9.91. The number of carbonyl (C=O) groups is 4. The SMILES string of the molecule is CCCCCCC(CC(C)C(=O)ONC(=O)C(C)C)C(=O)ONC(=O)C(C)C. The topological polar surface area (TPSA) is 111 Å². The van der Waals surface area contributed by atoms with Crippen molar-refractivity contribution < 1.29 is 28.9 Å². The van der Waals surface area contributed by atoms with E-state index in [9.17, 15) is 19.2 Å². The molecule has 0 radical (unpaired) electrons. The Bertz CT molecular complexity index is 519. The number of rotatable bonds is 11. The molecule has 0 aliphatic rings. The summed E-state index contributed by atoms with van der Waals surface area (Å²) in [6, 6.07) is 0. The standard InChI is InChI=1S/C20H36N2O6/c1-7-8-9-10-11-16(20(26)28-22-18(24)14(4)5)12-15(6)19(25)27-21-17(23)13(2)3/h13-16H,7-12H2,1-6H3,(H,21,23)(H,22,24). The number of amides is 2. The third-order valence-corrected chi connectivity index (χ3v) is 4.33. The zero-order valence-corrected chi connectivity index (χ0v) is 18.0. The molecule has 0 saturated carbocycles. The molecule has 0 aromatic rings. The molecule has 0 aliphatic carbocycles. The summed E-state index contributed by atoms with van der Waals surface area (Å²) in [6.07, 6.45) is 4.67. The van der Waals surface area contributed by atoms with Crippen LogP contribution in [0.1, 0.15) is 80.1 Å². The predicted octanol–water partition coefficient (Wildman–Crippen LogP) is 3.06. The zero-order chi connectivity index (χ0) is 21.7. The number of hydroxylamine groups is 2. The largest absolute Gasteiger partial charge is 0.341 e. The fourth-order valence-corrected chi connectivity index (χ4v) is 2.29. The highest BCUT2D eigenvalue weighted by Crippen LogP contribution is 2.21. The lowest BCUT2D eigenvalue weighted by molar-refractivity contribution is -0.167. The lowest BCUT2D eigenvalue weighted by Gasteiger charge is -2.19. The van der Waals surface area contributed by atoms with E-state index in [1.165, 1.54) is 0 Å². The third kappa shape index (κ3) is 10.9. The second kappa shape index (κ2) is 14.0. The van der Waals surface area contributed by atoms with Crippen molar-refractivity contribution in [1.82, 2.24) is 11.0 Å². The van der Waals surface area contributed by atoms with Gasteiger partial charge in [0.05, 0.1) is 11.8 Å². The first kappa shape index (κ1) is 25.9. The van der Waals surface area contributed by atoms with Crippen molar-refractivity contribution in [1.29, 1.82) is 0 Å². The monoisotopic (exact) mass is 400 g/mol. The fourth-order valence-electron chi connectivity index (χ4n) is 2.29. The van der Waals surface area contributed by atoms with Gasteiger partial charge in [-0.1, -0.05) is 67.2 Å². The van der Waals surface area contributed by atoms with Gasteiger partial charge in [0.2, 0.25) is 0 Å². The van der Waals surface area contributed by atoms with Crippen LogP contribution in [0.5, 0.6) is 0 Å². The Morgan fingerprint density at radius 1 is 0.750 bits per heavy atom. The quantitative estimate of drug-likeness (QED) is 0.407. The highest BCUT2D eigenvalue weighted by molar-refractivity contribution is 5.81. The first-order valence-corrected chi connectivity index (χ1v) is 10.1. The van der Waals surface area contributed by atoms with E-state index in [1.807, 2.05) is 0 Å². The first-order chi connectivity index (χ1) is 13.1. The van der Waals surface area contributed by atoms with Gasteiger partial charge in [0.1, 0.15) is 0 Å². The van der Waals surface area contributed by atoms with Crippen LogP contribution >= 0.6 is 0 Å². The molecule has 0 aliphatic heterocycles. The van der Waals surface area contributed by atoms with Crippen molar-refractivity contribution in [3.8, 4) is 0 Å². The minimum Gasteiger partial charge on any atom is -0.341 e. The van der Waals surface area contributed by atoms with Crippen LogP contribution in [0.3, 0.4) is 0 Å². The smallest absolute Gasteiger partial charge is 0.335 e. The Balaban J connectivity index is 4.75. The average molecular weight is 401 g/mol. The molecule has 0 rings (SSSR count). The molecule has 28 heavy (non-hydrogen) atoms. The van der Waals surface area contributed by atoms with E-state index in [0.29, 0.717) is 6.42 Å². The Morgan fingerprint density at radius 3 is 1.71 bits per heavy atom. The second-order valence-electron chi connectivity index (χ2n) is 7.77. The molecule has 0 saturated heterocycles. The van der Waals surface area contributed by atoms with Crippen molar-refractivity contribution in [2.45, 2.75) is 80.1 Å². The molecule has 2 N–H and O–H groups in total. The molecular weight excluding hydrogens is 364 g/mol. The number of nitrogens with one attached hydrogen (secondary N) is 2. The summed E-state index contributed by atoms with van der Waals surface area (Å²) < 4.78 is 0. The van der Waals surface area contributed by atoms with Crippen molar-refractivity contribution >= 4 is 23.8 Å². The van der Waals surface area contributed by atoms with Gasteiger partial charge in [-0.2, -0.15) is 11.0 Å². The van der Waals surface area contributed by atoms with Crippen molar-refractivity contribution in [2.24, 2.45) is 23.7 Å². The minimum atomic E-state index is -0.619. The normalized spacial score (nSPS) is 13.0. The van der Waals surface area contributed by atoms with Gasteiger partial charge in [0, 0.05) is 11.8 Å². The van der Waals surface area contributed by atoms with Crippen LogP contribution in [0.4, 0.5) is 0 Å². The molecule has 2 amide bonds. The Hall–Kier alpha value is -2.12. The Labute approximate surface area is 168 Å². The second-order valence-corrected chi connectivity index (χ2v) is 7.77. The van der Waals surface area contributed by atoms with E-state index in [4.69, 9.17) is 9.68 Å². The van der Waals surface area contributed by atoms with Crippen molar-refractivity contribution in [3.05, 3.63) is 0 Å². The molecule has 162 valence electrons. The molecule has 8 nitrogen and oxygen atoms in total. The van der Waals surface area contributed by atoms with Crippen LogP contribution in [-0.2, 0) is 28.9 Å². The highest BCUT2D eigenvalue weighted by Gasteiger charge is 2.28. The predicted molar refractivity (Wildman–Crippen MR) is 104 cm³/mol. The van der Waals surface area contributed by atoms with E-state index in [-0.39, 0.29) is 24.2 Å².